The van der Waals surface area contributed by atoms with E-state index in [1.165, 1.54) is 32.1 Å². The Morgan fingerprint density at radius 2 is 1.86 bits per heavy atom. The summed E-state index contributed by atoms with van der Waals surface area (Å²) in [6.45, 7) is 11.8. The third kappa shape index (κ3) is 5.33. The van der Waals surface area contributed by atoms with Gasteiger partial charge in [0.15, 0.2) is 0 Å². The molecule has 0 aromatic rings. The van der Waals surface area contributed by atoms with Gasteiger partial charge in [0.1, 0.15) is 0 Å². The van der Waals surface area contributed by atoms with Crippen molar-refractivity contribution in [3.63, 3.8) is 0 Å². The van der Waals surface area contributed by atoms with Crippen molar-refractivity contribution in [1.29, 1.82) is 0 Å². The Balaban J connectivity index is 1.60. The number of likely N-dealkylation sites (tertiary alicyclic amines) is 1. The third-order valence-electron chi connectivity index (χ3n) is 7.52. The van der Waals surface area contributed by atoms with Crippen LogP contribution in [0.1, 0.15) is 72.6 Å². The highest BCUT2D eigenvalue weighted by molar-refractivity contribution is 6.21. The molecule has 0 aromatic carbocycles. The van der Waals surface area contributed by atoms with Crippen LogP contribution in [0.2, 0.25) is 0 Å². The molecule has 4 atom stereocenters. The number of nitrogens with one attached hydrogen (secondary N) is 1. The van der Waals surface area contributed by atoms with E-state index in [9.17, 15) is 4.79 Å². The second-order valence-corrected chi connectivity index (χ2v) is 11.1. The predicted octanol–water partition coefficient (Wildman–Crippen LogP) is 5.24. The van der Waals surface area contributed by atoms with E-state index in [4.69, 9.17) is 11.6 Å². The monoisotopic (exact) mass is 408 g/mol. The number of carbonyl (C=O) groups is 1. The molecule has 3 aliphatic rings. The van der Waals surface area contributed by atoms with Gasteiger partial charge in [-0.15, -0.1) is 11.6 Å². The summed E-state index contributed by atoms with van der Waals surface area (Å²) < 4.78 is 0. The van der Waals surface area contributed by atoms with Crippen LogP contribution in [0.4, 0.5) is 0 Å². The Labute approximate surface area is 177 Å². The van der Waals surface area contributed by atoms with Gasteiger partial charge in [-0.2, -0.15) is 0 Å². The Hall–Kier alpha value is -0.540. The molecule has 1 amide bonds. The van der Waals surface area contributed by atoms with Crippen LogP contribution in [0.5, 0.6) is 0 Å². The number of halogens is 1. The van der Waals surface area contributed by atoms with Gasteiger partial charge in [-0.05, 0) is 67.7 Å². The van der Waals surface area contributed by atoms with Crippen LogP contribution in [0.25, 0.3) is 0 Å². The summed E-state index contributed by atoms with van der Waals surface area (Å²) in [6, 6.07) is -0.0421. The van der Waals surface area contributed by atoms with E-state index in [1.54, 1.807) is 0 Å². The summed E-state index contributed by atoms with van der Waals surface area (Å²) in [5.74, 6) is 2.67. The Morgan fingerprint density at radius 1 is 1.14 bits per heavy atom. The van der Waals surface area contributed by atoms with Crippen molar-refractivity contribution in [2.75, 3.05) is 19.6 Å². The van der Waals surface area contributed by atoms with Crippen LogP contribution in [0.3, 0.4) is 0 Å². The number of rotatable bonds is 6. The first-order valence-corrected chi connectivity index (χ1v) is 12.1. The van der Waals surface area contributed by atoms with E-state index in [0.717, 1.165) is 38.4 Å². The molecule has 0 spiro atoms. The van der Waals surface area contributed by atoms with Gasteiger partial charge in [0, 0.05) is 13.1 Å². The third-order valence-corrected chi connectivity index (χ3v) is 7.88. The molecule has 1 N–H and O–H groups in total. The van der Waals surface area contributed by atoms with Crippen molar-refractivity contribution < 1.29 is 4.79 Å². The van der Waals surface area contributed by atoms with Gasteiger partial charge >= 0.3 is 0 Å². The molecule has 0 radical (unpaired) electrons. The molecule has 3 nitrogen and oxygen atoms in total. The Bertz CT molecular complexity index is 553. The first-order valence-electron chi connectivity index (χ1n) is 11.6. The minimum absolute atomic E-state index is 0.0421. The Morgan fingerprint density at radius 3 is 2.43 bits per heavy atom. The standard InChI is InChI=1S/C24H41ClN2O/c1-17(2)22(26-15-18-7-5-6-8-18)23(28)27-14-13-21(24(3,4)16-27)19-9-11-20(25)12-10-19/h9,11,17-22,26H,5-8,10,12-16H2,1-4H3/t19?,20?,21?,22-/m1/s1. The maximum absolute atomic E-state index is 13.4. The van der Waals surface area contributed by atoms with E-state index in [0.29, 0.717) is 23.7 Å². The molecule has 1 saturated heterocycles. The highest BCUT2D eigenvalue weighted by atomic mass is 35.5. The molecular formula is C24H41ClN2O. The molecule has 3 unspecified atom stereocenters. The van der Waals surface area contributed by atoms with Crippen molar-refractivity contribution in [3.8, 4) is 0 Å². The van der Waals surface area contributed by atoms with E-state index in [2.05, 4.69) is 50.1 Å². The maximum atomic E-state index is 13.4. The largest absolute Gasteiger partial charge is 0.341 e. The molecule has 0 aromatic heterocycles. The summed E-state index contributed by atoms with van der Waals surface area (Å²) in [5.41, 5.74) is 0.148. The lowest BCUT2D eigenvalue weighted by Gasteiger charge is -2.48. The van der Waals surface area contributed by atoms with Crippen molar-refractivity contribution in [2.45, 2.75) is 84.1 Å². The minimum Gasteiger partial charge on any atom is -0.341 e. The van der Waals surface area contributed by atoms with Gasteiger partial charge in [-0.1, -0.05) is 52.7 Å². The fraction of sp³-hybridized carbons (Fsp3) is 0.875. The van der Waals surface area contributed by atoms with E-state index in [1.807, 2.05) is 0 Å². The van der Waals surface area contributed by atoms with Crippen LogP contribution < -0.4 is 5.32 Å². The topological polar surface area (TPSA) is 32.3 Å². The zero-order valence-electron chi connectivity index (χ0n) is 18.4. The summed E-state index contributed by atoms with van der Waals surface area (Å²) in [7, 11) is 0. The molecule has 2 fully saturated rings. The SMILES string of the molecule is CC(C)[C@@H](NCC1CCCC1)C(=O)N1CCC(C2C=CC(Cl)CC2)C(C)(C)C1. The fourth-order valence-electron chi connectivity index (χ4n) is 5.81. The van der Waals surface area contributed by atoms with E-state index < -0.39 is 0 Å². The lowest BCUT2D eigenvalue weighted by Crippen LogP contribution is -2.56. The number of allylic oxidation sites excluding steroid dienone is 2. The first-order chi connectivity index (χ1) is 13.3. The van der Waals surface area contributed by atoms with E-state index >= 15 is 0 Å². The average molecular weight is 409 g/mol. The van der Waals surface area contributed by atoms with Crippen molar-refractivity contribution in [3.05, 3.63) is 12.2 Å². The number of amides is 1. The fourth-order valence-corrected chi connectivity index (χ4v) is 6.02. The maximum Gasteiger partial charge on any atom is 0.239 e. The number of piperidine rings is 1. The van der Waals surface area contributed by atoms with Crippen LogP contribution in [0, 0.1) is 29.1 Å². The van der Waals surface area contributed by atoms with Gasteiger partial charge in [-0.25, -0.2) is 0 Å². The minimum atomic E-state index is -0.0421. The van der Waals surface area contributed by atoms with Gasteiger partial charge in [0.2, 0.25) is 5.91 Å². The molecule has 1 saturated carbocycles. The van der Waals surface area contributed by atoms with E-state index in [-0.39, 0.29) is 16.8 Å². The lowest BCUT2D eigenvalue weighted by molar-refractivity contribution is -0.139. The van der Waals surface area contributed by atoms with Crippen LogP contribution in [-0.2, 0) is 4.79 Å². The number of nitrogens with zero attached hydrogens (tertiary/aromatic N) is 1. The molecule has 4 heteroatoms. The molecule has 1 aliphatic heterocycles. The second kappa shape index (κ2) is 9.51. The molecule has 160 valence electrons. The normalized spacial score (nSPS) is 32.1. The van der Waals surface area contributed by atoms with Gasteiger partial charge < -0.3 is 10.2 Å². The number of hydrogen-bond acceptors (Lipinski definition) is 2. The quantitative estimate of drug-likeness (QED) is 0.481. The van der Waals surface area contributed by atoms with Crippen LogP contribution in [-0.4, -0.2) is 41.9 Å². The first kappa shape index (κ1) is 22.2. The molecule has 3 rings (SSSR count). The summed E-state index contributed by atoms with van der Waals surface area (Å²) in [5, 5.41) is 3.86. The number of alkyl halides is 1. The summed E-state index contributed by atoms with van der Waals surface area (Å²) in [4.78, 5) is 15.5. The molecule has 28 heavy (non-hydrogen) atoms. The van der Waals surface area contributed by atoms with Crippen LogP contribution >= 0.6 is 11.6 Å². The zero-order chi connectivity index (χ0) is 20.3. The molecule has 1 heterocycles. The number of carbonyl (C=O) groups excluding carboxylic acids is 1. The van der Waals surface area contributed by atoms with Gasteiger partial charge in [-0.3, -0.25) is 4.79 Å². The highest BCUT2D eigenvalue weighted by Crippen LogP contribution is 2.43. The van der Waals surface area contributed by atoms with Gasteiger partial charge in [0.25, 0.3) is 0 Å². The van der Waals surface area contributed by atoms with Crippen molar-refractivity contribution in [2.24, 2.45) is 29.1 Å². The van der Waals surface area contributed by atoms with Crippen molar-refractivity contribution in [1.82, 2.24) is 10.2 Å². The molecule has 0 bridgehead atoms. The zero-order valence-corrected chi connectivity index (χ0v) is 19.2. The molecular weight excluding hydrogens is 368 g/mol. The summed E-state index contributed by atoms with van der Waals surface area (Å²) in [6.07, 6.45) is 13.3. The number of hydrogen-bond donors (Lipinski definition) is 1. The Kier molecular flexibility index (Phi) is 7.53. The van der Waals surface area contributed by atoms with Gasteiger partial charge in [0.05, 0.1) is 11.4 Å². The predicted molar refractivity (Wildman–Crippen MR) is 119 cm³/mol. The van der Waals surface area contributed by atoms with Crippen LogP contribution in [0.15, 0.2) is 12.2 Å². The average Bonchev–Trinajstić information content (AvgIpc) is 3.15. The lowest BCUT2D eigenvalue weighted by atomic mass is 9.65. The summed E-state index contributed by atoms with van der Waals surface area (Å²) >= 11 is 6.25. The second-order valence-electron chi connectivity index (χ2n) is 10.6. The molecule has 2 aliphatic carbocycles. The van der Waals surface area contributed by atoms with Crippen molar-refractivity contribution >= 4 is 17.5 Å². The smallest absolute Gasteiger partial charge is 0.239 e. The highest BCUT2D eigenvalue weighted by Gasteiger charge is 2.42.